The van der Waals surface area contributed by atoms with Gasteiger partial charge in [-0.1, -0.05) is 24.3 Å². The number of esters is 1. The first kappa shape index (κ1) is 20.4. The number of nitrogens with one attached hydrogen (secondary N) is 1. The van der Waals surface area contributed by atoms with E-state index in [1.807, 2.05) is 0 Å². The fraction of sp³-hybridized carbons (Fsp3) is 0.250. The van der Waals surface area contributed by atoms with Crippen LogP contribution in [-0.2, 0) is 22.6 Å². The van der Waals surface area contributed by atoms with Crippen LogP contribution in [0.1, 0.15) is 24.2 Å². The number of hydrogen-bond donors (Lipinski definition) is 1. The summed E-state index contributed by atoms with van der Waals surface area (Å²) in [4.78, 5) is 30.9. The standard InChI is InChI=1S/C20H17F3N2O4/c21-20(22,23)29-14-10-8-13(9-11-14)12-28-18(26)7-3-6-17-24-16-5-2-1-4-15(16)19(27)25-17/h1-2,4-5,8-11H,3,6-7,12H2,(H,24,25,27). The molecule has 0 fully saturated rings. The van der Waals surface area contributed by atoms with Crippen molar-refractivity contribution in [1.29, 1.82) is 0 Å². The van der Waals surface area contributed by atoms with Crippen LogP contribution in [0.3, 0.4) is 0 Å². The van der Waals surface area contributed by atoms with Gasteiger partial charge in [-0.25, -0.2) is 4.98 Å². The van der Waals surface area contributed by atoms with Crippen LogP contribution in [0.25, 0.3) is 10.9 Å². The van der Waals surface area contributed by atoms with Gasteiger partial charge >= 0.3 is 12.3 Å². The number of carbonyl (C=O) groups excluding carboxylic acids is 1. The van der Waals surface area contributed by atoms with Gasteiger partial charge in [0.05, 0.1) is 10.9 Å². The highest BCUT2D eigenvalue weighted by Gasteiger charge is 2.30. The molecule has 0 amide bonds. The summed E-state index contributed by atoms with van der Waals surface area (Å²) >= 11 is 0. The zero-order chi connectivity index (χ0) is 20.9. The third-order valence-corrected chi connectivity index (χ3v) is 4.01. The molecule has 6 nitrogen and oxygen atoms in total. The molecule has 152 valence electrons. The van der Waals surface area contributed by atoms with E-state index in [-0.39, 0.29) is 24.3 Å². The van der Waals surface area contributed by atoms with E-state index in [0.29, 0.717) is 35.1 Å². The molecule has 2 aromatic carbocycles. The van der Waals surface area contributed by atoms with E-state index in [1.54, 1.807) is 24.3 Å². The first-order valence-corrected chi connectivity index (χ1v) is 8.78. The van der Waals surface area contributed by atoms with Gasteiger partial charge < -0.3 is 14.5 Å². The van der Waals surface area contributed by atoms with E-state index in [9.17, 15) is 22.8 Å². The second kappa shape index (κ2) is 8.76. The number of ether oxygens (including phenoxy) is 2. The maximum atomic E-state index is 12.1. The van der Waals surface area contributed by atoms with Gasteiger partial charge in [-0.05, 0) is 36.2 Å². The van der Waals surface area contributed by atoms with Crippen molar-refractivity contribution in [3.63, 3.8) is 0 Å². The van der Waals surface area contributed by atoms with E-state index < -0.39 is 12.3 Å². The van der Waals surface area contributed by atoms with Crippen molar-refractivity contribution < 1.29 is 27.4 Å². The summed E-state index contributed by atoms with van der Waals surface area (Å²) in [5.41, 5.74) is 0.895. The minimum Gasteiger partial charge on any atom is -0.461 e. The third kappa shape index (κ3) is 6.06. The Labute approximate surface area is 163 Å². The number of aromatic nitrogens is 2. The molecule has 0 atom stereocenters. The minimum atomic E-state index is -4.75. The Morgan fingerprint density at radius 3 is 2.52 bits per heavy atom. The minimum absolute atomic E-state index is 0.0593. The normalized spacial score (nSPS) is 11.4. The number of alkyl halides is 3. The molecule has 0 spiro atoms. The summed E-state index contributed by atoms with van der Waals surface area (Å²) in [6, 6.07) is 12.0. The SMILES string of the molecule is O=C(CCCc1nc2ccccc2c(=O)[nH]1)OCc1ccc(OC(F)(F)F)cc1. The number of benzene rings is 2. The maximum Gasteiger partial charge on any atom is 0.573 e. The number of aromatic amines is 1. The van der Waals surface area contributed by atoms with Crippen molar-refractivity contribution in [3.8, 4) is 5.75 Å². The second-order valence-corrected chi connectivity index (χ2v) is 6.24. The van der Waals surface area contributed by atoms with Crippen LogP contribution >= 0.6 is 0 Å². The summed E-state index contributed by atoms with van der Waals surface area (Å²) in [6.07, 6.45) is -3.80. The predicted octanol–water partition coefficient (Wildman–Crippen LogP) is 3.89. The number of fused-ring (bicyclic) bond motifs is 1. The van der Waals surface area contributed by atoms with E-state index >= 15 is 0 Å². The number of para-hydroxylation sites is 1. The highest BCUT2D eigenvalue weighted by Crippen LogP contribution is 2.23. The van der Waals surface area contributed by atoms with Gasteiger partial charge in [0.15, 0.2) is 0 Å². The molecular formula is C20H17F3N2O4. The summed E-state index contributed by atoms with van der Waals surface area (Å²) in [6.45, 7) is -0.0593. The molecule has 0 aliphatic rings. The first-order chi connectivity index (χ1) is 13.8. The summed E-state index contributed by atoms with van der Waals surface area (Å²) in [5, 5.41) is 0.502. The van der Waals surface area contributed by atoms with Crippen molar-refractivity contribution in [3.05, 3.63) is 70.3 Å². The number of hydrogen-bond acceptors (Lipinski definition) is 5. The lowest BCUT2D eigenvalue weighted by atomic mass is 10.2. The average Bonchev–Trinajstić information content (AvgIpc) is 2.66. The van der Waals surface area contributed by atoms with E-state index in [2.05, 4.69) is 14.7 Å². The fourth-order valence-electron chi connectivity index (χ4n) is 2.68. The number of nitrogens with zero attached hydrogens (tertiary/aromatic N) is 1. The molecule has 1 N–H and O–H groups in total. The molecule has 0 unspecified atom stereocenters. The van der Waals surface area contributed by atoms with Gasteiger partial charge in [-0.15, -0.1) is 13.2 Å². The Hall–Kier alpha value is -3.36. The summed E-state index contributed by atoms with van der Waals surface area (Å²) in [5.74, 6) is -0.310. The summed E-state index contributed by atoms with van der Waals surface area (Å²) < 4.78 is 45.2. The zero-order valence-corrected chi connectivity index (χ0v) is 15.2. The molecule has 3 aromatic rings. The molecule has 1 aromatic heterocycles. The zero-order valence-electron chi connectivity index (χ0n) is 15.2. The van der Waals surface area contributed by atoms with Crippen molar-refractivity contribution in [2.24, 2.45) is 0 Å². The quantitative estimate of drug-likeness (QED) is 0.602. The molecule has 1 heterocycles. The number of aryl methyl sites for hydroxylation is 1. The molecule has 9 heteroatoms. The van der Waals surface area contributed by atoms with Crippen molar-refractivity contribution in [2.75, 3.05) is 0 Å². The maximum absolute atomic E-state index is 12.1. The lowest BCUT2D eigenvalue weighted by molar-refractivity contribution is -0.274. The Morgan fingerprint density at radius 2 is 1.79 bits per heavy atom. The molecule has 0 aliphatic heterocycles. The molecule has 3 rings (SSSR count). The summed E-state index contributed by atoms with van der Waals surface area (Å²) in [7, 11) is 0. The molecule has 0 radical (unpaired) electrons. The van der Waals surface area contributed by atoms with E-state index in [4.69, 9.17) is 4.74 Å². The molecule has 0 saturated carbocycles. The largest absolute Gasteiger partial charge is 0.573 e. The second-order valence-electron chi connectivity index (χ2n) is 6.24. The van der Waals surface area contributed by atoms with Gasteiger partial charge in [0.25, 0.3) is 5.56 Å². The molecular weight excluding hydrogens is 389 g/mol. The van der Waals surface area contributed by atoms with Crippen LogP contribution in [-0.4, -0.2) is 22.3 Å². The van der Waals surface area contributed by atoms with Crippen molar-refractivity contribution in [1.82, 2.24) is 9.97 Å². The lowest BCUT2D eigenvalue weighted by Gasteiger charge is -2.09. The molecule has 0 saturated heterocycles. The Balaban J connectivity index is 1.45. The van der Waals surface area contributed by atoms with Gasteiger partial charge in [-0.2, -0.15) is 0 Å². The number of rotatable bonds is 7. The van der Waals surface area contributed by atoms with Gasteiger partial charge in [-0.3, -0.25) is 9.59 Å². The predicted molar refractivity (Wildman–Crippen MR) is 98.2 cm³/mol. The van der Waals surface area contributed by atoms with Gasteiger partial charge in [0.1, 0.15) is 18.2 Å². The Morgan fingerprint density at radius 1 is 1.07 bits per heavy atom. The van der Waals surface area contributed by atoms with Gasteiger partial charge in [0.2, 0.25) is 0 Å². The Bertz CT molecular complexity index is 1050. The molecule has 0 aliphatic carbocycles. The fourth-order valence-corrected chi connectivity index (χ4v) is 2.68. The number of H-pyrrole nitrogens is 1. The monoisotopic (exact) mass is 406 g/mol. The van der Waals surface area contributed by atoms with Crippen LogP contribution in [0.15, 0.2) is 53.3 Å². The van der Waals surface area contributed by atoms with Crippen LogP contribution < -0.4 is 10.3 Å². The highest BCUT2D eigenvalue weighted by atomic mass is 19.4. The van der Waals surface area contributed by atoms with Crippen LogP contribution in [0, 0.1) is 0 Å². The van der Waals surface area contributed by atoms with Crippen LogP contribution in [0.4, 0.5) is 13.2 Å². The van der Waals surface area contributed by atoms with E-state index in [1.165, 1.54) is 12.1 Å². The van der Waals surface area contributed by atoms with Crippen molar-refractivity contribution >= 4 is 16.9 Å². The lowest BCUT2D eigenvalue weighted by Crippen LogP contribution is -2.17. The topological polar surface area (TPSA) is 81.3 Å². The number of halogens is 3. The van der Waals surface area contributed by atoms with E-state index in [0.717, 1.165) is 12.1 Å². The molecule has 0 bridgehead atoms. The molecule has 29 heavy (non-hydrogen) atoms. The smallest absolute Gasteiger partial charge is 0.461 e. The third-order valence-electron chi connectivity index (χ3n) is 4.01. The Kier molecular flexibility index (Phi) is 6.16. The highest BCUT2D eigenvalue weighted by molar-refractivity contribution is 5.77. The first-order valence-electron chi connectivity index (χ1n) is 8.78. The number of carbonyl (C=O) groups is 1. The average molecular weight is 406 g/mol. The van der Waals surface area contributed by atoms with Crippen LogP contribution in [0.2, 0.25) is 0 Å². The van der Waals surface area contributed by atoms with Gasteiger partial charge in [0, 0.05) is 12.8 Å². The van der Waals surface area contributed by atoms with Crippen LogP contribution in [0.5, 0.6) is 5.75 Å². The van der Waals surface area contributed by atoms with Crippen molar-refractivity contribution in [2.45, 2.75) is 32.2 Å².